The van der Waals surface area contributed by atoms with Crippen molar-refractivity contribution in [1.82, 2.24) is 0 Å². The monoisotopic (exact) mass is 456 g/mol. The fraction of sp³-hybridized carbons (Fsp3) is 0.500. The molecule has 0 aliphatic heterocycles. The van der Waals surface area contributed by atoms with E-state index >= 15 is 0 Å². The quantitative estimate of drug-likeness (QED) is 0.268. The van der Waals surface area contributed by atoms with Gasteiger partial charge >= 0.3 is 29.6 Å². The van der Waals surface area contributed by atoms with Crippen LogP contribution in [0.3, 0.4) is 0 Å². The van der Waals surface area contributed by atoms with Gasteiger partial charge in [0.05, 0.1) is 4.90 Å². The molecule has 0 saturated heterocycles. The topological polar surface area (TPSA) is 86.7 Å². The fourth-order valence-corrected chi connectivity index (χ4v) is 4.07. The Kier molecular flexibility index (Phi) is 13.5. The van der Waals surface area contributed by atoms with Crippen LogP contribution in [0.5, 0.6) is 17.2 Å². The van der Waals surface area contributed by atoms with E-state index < -0.39 is 20.8 Å². The molecule has 166 valence electrons. The number of unbranched alkanes of at least 4 members (excludes halogenated alkanes) is 9. The minimum absolute atomic E-state index is 0. The summed E-state index contributed by atoms with van der Waals surface area (Å²) in [5, 5.41) is 12.2. The number of hydrogen-bond acceptors (Lipinski definition) is 4. The molecule has 7 heteroatoms. The first-order valence-electron chi connectivity index (χ1n) is 11.0. The second kappa shape index (κ2) is 14.9. The zero-order chi connectivity index (χ0) is 21.8. The van der Waals surface area contributed by atoms with Crippen LogP contribution in [-0.4, -0.2) is 13.0 Å². The molecule has 0 heterocycles. The molecular weight excluding hydrogens is 423 g/mol. The van der Waals surface area contributed by atoms with E-state index in [0.29, 0.717) is 5.75 Å². The Balaban J connectivity index is 0.00000480. The van der Waals surface area contributed by atoms with E-state index in [1.165, 1.54) is 69.9 Å². The normalized spacial score (nSPS) is 11.2. The van der Waals surface area contributed by atoms with Crippen molar-refractivity contribution in [1.29, 1.82) is 0 Å². The summed E-state index contributed by atoms with van der Waals surface area (Å²) in [5.74, 6) is -0.495. The average molecular weight is 457 g/mol. The maximum absolute atomic E-state index is 12.2. The molecule has 2 aromatic carbocycles. The van der Waals surface area contributed by atoms with Crippen molar-refractivity contribution in [3.05, 3.63) is 48.0 Å². The van der Waals surface area contributed by atoms with Crippen molar-refractivity contribution < 1.29 is 52.4 Å². The predicted molar refractivity (Wildman–Crippen MR) is 118 cm³/mol. The molecule has 0 amide bonds. The van der Waals surface area contributed by atoms with Gasteiger partial charge in [-0.05, 0) is 48.4 Å². The second-order valence-corrected chi connectivity index (χ2v) is 9.13. The van der Waals surface area contributed by atoms with Crippen molar-refractivity contribution in [3.63, 3.8) is 0 Å². The van der Waals surface area contributed by atoms with E-state index in [9.17, 15) is 13.5 Å². The predicted octanol–water partition coefficient (Wildman–Crippen LogP) is 3.27. The Bertz CT molecular complexity index is 883. The van der Waals surface area contributed by atoms with E-state index in [1.807, 2.05) is 18.2 Å². The standard InChI is InChI=1S/C24H34O5S.Na/c1-2-3-4-5-6-7-8-9-10-11-14-20-15-12-16-21(19-20)29-22-17-13-18-23(24(22)25)30(26,27)28;/h12-13,15-19,25H,2-11,14H2,1H3,(H,26,27,28);/q;+1/p-1. The van der Waals surface area contributed by atoms with Crippen molar-refractivity contribution in [2.24, 2.45) is 0 Å². The number of para-hydroxylation sites is 1. The second-order valence-electron chi connectivity index (χ2n) is 7.74. The van der Waals surface area contributed by atoms with Crippen LogP contribution in [0.2, 0.25) is 0 Å². The zero-order valence-corrected chi connectivity index (χ0v) is 21.6. The van der Waals surface area contributed by atoms with Gasteiger partial charge in [0.1, 0.15) is 11.5 Å². The van der Waals surface area contributed by atoms with Crippen molar-refractivity contribution in [2.75, 3.05) is 0 Å². The van der Waals surface area contributed by atoms with E-state index in [0.717, 1.165) is 24.5 Å². The fourth-order valence-electron chi connectivity index (χ4n) is 3.49. The minimum Gasteiger partial charge on any atom is -0.869 e. The minimum atomic E-state index is -4.58. The summed E-state index contributed by atoms with van der Waals surface area (Å²) in [4.78, 5) is -0.679. The number of ether oxygens (including phenoxy) is 1. The first kappa shape index (κ1) is 28.0. The molecule has 0 radical (unpaired) electrons. The number of hydrogen-bond donors (Lipinski definition) is 1. The van der Waals surface area contributed by atoms with Gasteiger partial charge in [-0.25, -0.2) is 0 Å². The summed E-state index contributed by atoms with van der Waals surface area (Å²) < 4.78 is 37.3. The van der Waals surface area contributed by atoms with Crippen LogP contribution in [-0.2, 0) is 16.5 Å². The summed E-state index contributed by atoms with van der Waals surface area (Å²) in [6.45, 7) is 2.24. The summed E-state index contributed by atoms with van der Waals surface area (Å²) in [7, 11) is -4.58. The molecule has 0 fully saturated rings. The molecule has 0 unspecified atom stereocenters. The van der Waals surface area contributed by atoms with E-state index in [1.54, 1.807) is 6.07 Å². The third-order valence-electron chi connectivity index (χ3n) is 5.17. The Morgan fingerprint density at radius 3 is 2.06 bits per heavy atom. The molecule has 5 nitrogen and oxygen atoms in total. The van der Waals surface area contributed by atoms with Crippen LogP contribution >= 0.6 is 0 Å². The van der Waals surface area contributed by atoms with Gasteiger partial charge in [-0.3, -0.25) is 4.55 Å². The number of aryl methyl sites for hydroxylation is 1. The Morgan fingerprint density at radius 1 is 0.871 bits per heavy atom. The molecule has 0 atom stereocenters. The molecule has 0 aliphatic carbocycles. The molecule has 1 N–H and O–H groups in total. The van der Waals surface area contributed by atoms with Gasteiger partial charge in [-0.2, -0.15) is 8.42 Å². The molecular formula is C24H33NaO5S. The summed E-state index contributed by atoms with van der Waals surface area (Å²) in [6.07, 6.45) is 13.8. The van der Waals surface area contributed by atoms with Crippen LogP contribution in [0.4, 0.5) is 0 Å². The molecule has 0 bridgehead atoms. The van der Waals surface area contributed by atoms with Crippen LogP contribution in [0.25, 0.3) is 0 Å². The Morgan fingerprint density at radius 2 is 1.45 bits per heavy atom. The van der Waals surface area contributed by atoms with Crippen molar-refractivity contribution in [2.45, 2.75) is 82.4 Å². The maximum Gasteiger partial charge on any atom is 1.00 e. The first-order chi connectivity index (χ1) is 14.4. The van der Waals surface area contributed by atoms with Crippen LogP contribution in [0, 0.1) is 0 Å². The van der Waals surface area contributed by atoms with Gasteiger partial charge in [-0.15, -0.1) is 0 Å². The maximum atomic E-state index is 12.2. The largest absolute Gasteiger partial charge is 1.00 e. The van der Waals surface area contributed by atoms with Gasteiger partial charge in [0.15, 0.2) is 0 Å². The number of rotatable bonds is 14. The molecule has 2 rings (SSSR count). The Labute approximate surface area is 209 Å². The van der Waals surface area contributed by atoms with Crippen LogP contribution < -0.4 is 39.4 Å². The van der Waals surface area contributed by atoms with E-state index in [2.05, 4.69) is 6.92 Å². The van der Waals surface area contributed by atoms with E-state index in [-0.39, 0.29) is 35.3 Å². The molecule has 31 heavy (non-hydrogen) atoms. The molecule has 0 aromatic heterocycles. The van der Waals surface area contributed by atoms with Gasteiger partial charge in [0, 0.05) is 0 Å². The van der Waals surface area contributed by atoms with E-state index in [4.69, 9.17) is 9.29 Å². The summed E-state index contributed by atoms with van der Waals surface area (Å²) in [6, 6.07) is 11.3. The summed E-state index contributed by atoms with van der Waals surface area (Å²) in [5.41, 5.74) is 1.12. The smallest absolute Gasteiger partial charge is 0.869 e. The third kappa shape index (κ3) is 10.4. The van der Waals surface area contributed by atoms with Crippen molar-refractivity contribution >= 4 is 10.1 Å². The van der Waals surface area contributed by atoms with Gasteiger partial charge in [0.25, 0.3) is 10.1 Å². The SMILES string of the molecule is CCCCCCCCCCCCc1cccc(Oc2cccc(S(=O)(=O)O)c2[O-])c1.[Na+]. The Hall–Kier alpha value is -1.05. The molecule has 0 aliphatic rings. The zero-order valence-electron chi connectivity index (χ0n) is 18.8. The van der Waals surface area contributed by atoms with Crippen LogP contribution in [0.1, 0.15) is 76.7 Å². The van der Waals surface area contributed by atoms with Gasteiger partial charge < -0.3 is 9.84 Å². The average Bonchev–Trinajstić information content (AvgIpc) is 2.70. The molecule has 0 saturated carbocycles. The van der Waals surface area contributed by atoms with Gasteiger partial charge in [0.2, 0.25) is 0 Å². The number of benzene rings is 2. The molecule has 2 aromatic rings. The third-order valence-corrected chi connectivity index (χ3v) is 6.04. The van der Waals surface area contributed by atoms with Crippen LogP contribution in [0.15, 0.2) is 47.4 Å². The van der Waals surface area contributed by atoms with Crippen molar-refractivity contribution in [3.8, 4) is 17.2 Å². The summed E-state index contributed by atoms with van der Waals surface area (Å²) >= 11 is 0. The first-order valence-corrected chi connectivity index (χ1v) is 12.4. The van der Waals surface area contributed by atoms with Gasteiger partial charge in [-0.1, -0.05) is 82.9 Å². The molecule has 0 spiro atoms.